The molecule has 0 unspecified atom stereocenters. The van der Waals surface area contributed by atoms with Crippen LogP contribution in [0.3, 0.4) is 0 Å². The molecule has 2 aromatic heterocycles. The van der Waals surface area contributed by atoms with Crippen LogP contribution in [-0.2, 0) is 0 Å². The second-order valence-corrected chi connectivity index (χ2v) is 15.2. The molecule has 276 valence electrons. The molecule has 0 radical (unpaired) electrons. The van der Waals surface area contributed by atoms with Crippen molar-refractivity contribution < 1.29 is 4.74 Å². The van der Waals surface area contributed by atoms with Gasteiger partial charge in [-0.1, -0.05) is 158 Å². The van der Waals surface area contributed by atoms with Crippen molar-refractivity contribution in [3.63, 3.8) is 0 Å². The van der Waals surface area contributed by atoms with Gasteiger partial charge >= 0.3 is 0 Å². The van der Waals surface area contributed by atoms with Gasteiger partial charge in [-0.2, -0.15) is 0 Å². The molecule has 0 aliphatic rings. The molecule has 3 heteroatoms. The second-order valence-electron chi connectivity index (χ2n) is 15.2. The first kappa shape index (κ1) is 33.3. The predicted molar refractivity (Wildman–Crippen MR) is 248 cm³/mol. The normalized spacial score (nSPS) is 11.7. The maximum Gasteiger partial charge on any atom is 0.127 e. The molecule has 0 spiro atoms. The average molecular weight is 753 g/mol. The first-order valence-electron chi connectivity index (χ1n) is 20.2. The van der Waals surface area contributed by atoms with E-state index in [0.717, 1.165) is 22.6 Å². The molecule has 0 saturated carbocycles. The van der Waals surface area contributed by atoms with Crippen molar-refractivity contribution in [3.8, 4) is 45.1 Å². The molecule has 3 nitrogen and oxygen atoms in total. The maximum absolute atomic E-state index is 6.43. The van der Waals surface area contributed by atoms with Crippen LogP contribution in [-0.4, -0.2) is 9.13 Å². The predicted octanol–water partition coefficient (Wildman–Crippen LogP) is 15.3. The van der Waals surface area contributed by atoms with Gasteiger partial charge in [-0.25, -0.2) is 0 Å². The minimum Gasteiger partial charge on any atom is -0.457 e. The summed E-state index contributed by atoms with van der Waals surface area (Å²) in [7, 11) is 0. The lowest BCUT2D eigenvalue weighted by Gasteiger charge is -2.15. The van der Waals surface area contributed by atoms with E-state index in [1.807, 2.05) is 0 Å². The Hall–Kier alpha value is -7.88. The molecule has 0 N–H and O–H groups in total. The lowest BCUT2D eigenvalue weighted by molar-refractivity contribution is 0.483. The summed E-state index contributed by atoms with van der Waals surface area (Å²) in [5.41, 5.74) is 11.9. The topological polar surface area (TPSA) is 19.1 Å². The number of nitrogens with zero attached hydrogens (tertiary/aromatic N) is 2. The minimum absolute atomic E-state index is 0.800. The SMILES string of the molecule is c1ccc2c(-n3c4ccccc4c4ccccc43)ccc(-c3ccc(Oc4ccc(-c5ccc(-n6c7ccccc7c7ccccc76)c6ccccc56)cc4)cc3)c2c1. The highest BCUT2D eigenvalue weighted by molar-refractivity contribution is 6.13. The standard InChI is InChI=1S/C56H36N2O/c1-3-15-45-43(13-1)41(33-35-55(45)57-51-21-9-5-17-47(51)48-18-6-10-22-52(48)57)37-25-29-39(30-26-37)59-40-31-27-38(28-32-40)42-34-36-56(46-16-4-2-14-44(42)46)58-53-23-11-7-19-49(53)50-20-8-12-24-54(50)58/h1-36H. The fraction of sp³-hybridized carbons (Fsp3) is 0. The third kappa shape index (κ3) is 5.29. The van der Waals surface area contributed by atoms with Crippen molar-refractivity contribution in [2.75, 3.05) is 0 Å². The third-order valence-corrected chi connectivity index (χ3v) is 12.0. The van der Waals surface area contributed by atoms with Crippen LogP contribution in [0.4, 0.5) is 0 Å². The Morgan fingerprint density at radius 2 is 0.525 bits per heavy atom. The summed E-state index contributed by atoms with van der Waals surface area (Å²) >= 11 is 0. The molecular formula is C56H36N2O. The molecule has 12 aromatic rings. The lowest BCUT2D eigenvalue weighted by Crippen LogP contribution is -1.96. The van der Waals surface area contributed by atoms with Gasteiger partial charge in [-0.15, -0.1) is 0 Å². The van der Waals surface area contributed by atoms with Crippen molar-refractivity contribution in [2.45, 2.75) is 0 Å². The molecule has 0 aliphatic heterocycles. The van der Waals surface area contributed by atoms with Gasteiger partial charge in [0.25, 0.3) is 0 Å². The fourth-order valence-electron chi connectivity index (χ4n) is 9.37. The number of hydrogen-bond acceptors (Lipinski definition) is 1. The smallest absolute Gasteiger partial charge is 0.127 e. The first-order chi connectivity index (χ1) is 29.3. The Labute approximate surface area is 341 Å². The van der Waals surface area contributed by atoms with E-state index in [1.165, 1.54) is 87.7 Å². The van der Waals surface area contributed by atoms with E-state index < -0.39 is 0 Å². The van der Waals surface area contributed by atoms with Crippen molar-refractivity contribution in [3.05, 3.63) is 218 Å². The summed E-state index contributed by atoms with van der Waals surface area (Å²) in [4.78, 5) is 0. The number of rotatable bonds is 6. The van der Waals surface area contributed by atoms with Crippen molar-refractivity contribution in [1.29, 1.82) is 0 Å². The van der Waals surface area contributed by atoms with Gasteiger partial charge in [0.1, 0.15) is 11.5 Å². The Bertz CT molecular complexity index is 3230. The van der Waals surface area contributed by atoms with E-state index in [1.54, 1.807) is 0 Å². The van der Waals surface area contributed by atoms with Crippen molar-refractivity contribution in [2.24, 2.45) is 0 Å². The van der Waals surface area contributed by atoms with Gasteiger partial charge in [0.15, 0.2) is 0 Å². The molecule has 0 bridgehead atoms. The van der Waals surface area contributed by atoms with Gasteiger partial charge in [-0.05, 0) is 93.7 Å². The molecule has 2 heterocycles. The van der Waals surface area contributed by atoms with Gasteiger partial charge in [0, 0.05) is 32.3 Å². The summed E-state index contributed by atoms with van der Waals surface area (Å²) in [6.07, 6.45) is 0. The van der Waals surface area contributed by atoms with Crippen LogP contribution in [0.5, 0.6) is 11.5 Å². The quantitative estimate of drug-likeness (QED) is 0.166. The summed E-state index contributed by atoms with van der Waals surface area (Å²) in [6.45, 7) is 0. The van der Waals surface area contributed by atoms with Crippen molar-refractivity contribution >= 4 is 65.2 Å². The van der Waals surface area contributed by atoms with Crippen LogP contribution in [0.15, 0.2) is 218 Å². The highest BCUT2D eigenvalue weighted by atomic mass is 16.5. The number of hydrogen-bond donors (Lipinski definition) is 0. The number of ether oxygens (including phenoxy) is 1. The van der Waals surface area contributed by atoms with Gasteiger partial charge in [0.05, 0.1) is 33.4 Å². The molecule has 59 heavy (non-hydrogen) atoms. The average Bonchev–Trinajstić information content (AvgIpc) is 3.82. The van der Waals surface area contributed by atoms with Crippen LogP contribution in [0.1, 0.15) is 0 Å². The Balaban J connectivity index is 0.849. The molecule has 0 fully saturated rings. The third-order valence-electron chi connectivity index (χ3n) is 12.0. The van der Waals surface area contributed by atoms with E-state index in [2.05, 4.69) is 228 Å². The Morgan fingerprint density at radius 1 is 0.237 bits per heavy atom. The summed E-state index contributed by atoms with van der Waals surface area (Å²) in [5, 5.41) is 9.91. The molecule has 12 rings (SSSR count). The number of fused-ring (bicyclic) bond motifs is 8. The molecule has 0 saturated heterocycles. The molecule has 0 atom stereocenters. The zero-order chi connectivity index (χ0) is 38.9. The fourth-order valence-corrected chi connectivity index (χ4v) is 9.37. The first-order valence-corrected chi connectivity index (χ1v) is 20.2. The van der Waals surface area contributed by atoms with Crippen LogP contribution < -0.4 is 4.74 Å². The monoisotopic (exact) mass is 752 g/mol. The summed E-state index contributed by atoms with van der Waals surface area (Å²) < 4.78 is 11.2. The largest absolute Gasteiger partial charge is 0.457 e. The number of aromatic nitrogens is 2. The number of benzene rings is 10. The maximum atomic E-state index is 6.43. The van der Waals surface area contributed by atoms with Gasteiger partial charge < -0.3 is 13.9 Å². The Kier molecular flexibility index (Phi) is 7.54. The molecule has 0 amide bonds. The van der Waals surface area contributed by atoms with E-state index >= 15 is 0 Å². The second kappa shape index (κ2) is 13.4. The molecule has 0 aliphatic carbocycles. The van der Waals surface area contributed by atoms with Gasteiger partial charge in [0.2, 0.25) is 0 Å². The van der Waals surface area contributed by atoms with Crippen molar-refractivity contribution in [1.82, 2.24) is 9.13 Å². The van der Waals surface area contributed by atoms with E-state index in [9.17, 15) is 0 Å². The zero-order valence-corrected chi connectivity index (χ0v) is 32.1. The highest BCUT2D eigenvalue weighted by Crippen LogP contribution is 2.40. The Morgan fingerprint density at radius 3 is 0.864 bits per heavy atom. The van der Waals surface area contributed by atoms with Crippen LogP contribution in [0.2, 0.25) is 0 Å². The minimum atomic E-state index is 0.800. The van der Waals surface area contributed by atoms with E-state index in [0.29, 0.717) is 0 Å². The number of para-hydroxylation sites is 4. The summed E-state index contributed by atoms with van der Waals surface area (Å²) in [5.74, 6) is 1.60. The highest BCUT2D eigenvalue weighted by Gasteiger charge is 2.17. The van der Waals surface area contributed by atoms with Crippen LogP contribution in [0.25, 0.3) is 98.8 Å². The van der Waals surface area contributed by atoms with Gasteiger partial charge in [-0.3, -0.25) is 0 Å². The van der Waals surface area contributed by atoms with E-state index in [4.69, 9.17) is 4.74 Å². The molecule has 10 aromatic carbocycles. The van der Waals surface area contributed by atoms with Crippen LogP contribution >= 0.6 is 0 Å². The molecular weight excluding hydrogens is 717 g/mol. The van der Waals surface area contributed by atoms with Crippen LogP contribution in [0, 0.1) is 0 Å². The zero-order valence-electron chi connectivity index (χ0n) is 32.1. The van der Waals surface area contributed by atoms with E-state index in [-0.39, 0.29) is 0 Å². The lowest BCUT2D eigenvalue weighted by atomic mass is 9.96. The summed E-state index contributed by atoms with van der Waals surface area (Å²) in [6, 6.07) is 78.2.